The molecule has 0 spiro atoms. The highest BCUT2D eigenvalue weighted by Crippen LogP contribution is 2.30. The van der Waals surface area contributed by atoms with E-state index in [1.54, 1.807) is 49.5 Å². The van der Waals surface area contributed by atoms with E-state index in [1.165, 1.54) is 0 Å². The molecule has 152 valence electrons. The van der Waals surface area contributed by atoms with Gasteiger partial charge >= 0.3 is 0 Å². The molecule has 1 amide bonds. The molecule has 0 atom stereocenters. The van der Waals surface area contributed by atoms with Gasteiger partial charge in [-0.3, -0.25) is 9.59 Å². The van der Waals surface area contributed by atoms with E-state index in [0.717, 1.165) is 5.56 Å². The molecule has 1 N–H and O–H groups in total. The zero-order chi connectivity index (χ0) is 21.1. The summed E-state index contributed by atoms with van der Waals surface area (Å²) in [6.45, 7) is 5.88. The third-order valence-electron chi connectivity index (χ3n) is 4.87. The van der Waals surface area contributed by atoms with Crippen molar-refractivity contribution in [1.82, 2.24) is 14.9 Å². The van der Waals surface area contributed by atoms with Crippen LogP contribution in [-0.4, -0.2) is 41.0 Å². The number of nitrogens with zero attached hydrogens (tertiary/aromatic N) is 2. The van der Waals surface area contributed by atoms with E-state index in [-0.39, 0.29) is 24.1 Å². The number of H-pyrrole nitrogens is 1. The highest BCUT2D eigenvalue weighted by atomic mass is 16.5. The summed E-state index contributed by atoms with van der Waals surface area (Å²) in [6, 6.07) is 10.4. The molecule has 1 aromatic heterocycles. The van der Waals surface area contributed by atoms with Crippen molar-refractivity contribution in [3.63, 3.8) is 0 Å². The molecular formula is C22H25N3O4. The van der Waals surface area contributed by atoms with E-state index >= 15 is 0 Å². The number of rotatable bonds is 6. The summed E-state index contributed by atoms with van der Waals surface area (Å²) in [5.41, 5.74) is 1.64. The number of hydrogen-bond donors (Lipinski definition) is 1. The minimum Gasteiger partial charge on any atom is -0.496 e. The van der Waals surface area contributed by atoms with Crippen molar-refractivity contribution < 1.29 is 14.3 Å². The minimum atomic E-state index is -0.222. The number of benzene rings is 2. The molecule has 7 nitrogen and oxygen atoms in total. The fourth-order valence-corrected chi connectivity index (χ4v) is 3.24. The van der Waals surface area contributed by atoms with Crippen LogP contribution in [0.25, 0.3) is 10.9 Å². The zero-order valence-corrected chi connectivity index (χ0v) is 17.3. The van der Waals surface area contributed by atoms with Gasteiger partial charge in [0.2, 0.25) is 0 Å². The number of fused-ring (bicyclic) bond motifs is 1. The Bertz CT molecular complexity index is 1080. The molecule has 0 bridgehead atoms. The van der Waals surface area contributed by atoms with Gasteiger partial charge < -0.3 is 19.4 Å². The van der Waals surface area contributed by atoms with Crippen LogP contribution in [0.5, 0.6) is 11.5 Å². The predicted octanol–water partition coefficient (Wildman–Crippen LogP) is 3.30. The maximum atomic E-state index is 13.3. The Morgan fingerprint density at radius 3 is 2.34 bits per heavy atom. The van der Waals surface area contributed by atoms with E-state index in [4.69, 9.17) is 9.47 Å². The van der Waals surface area contributed by atoms with Crippen LogP contribution in [0.15, 0.2) is 41.2 Å². The number of carbonyl (C=O) groups excluding carboxylic acids is 1. The fourth-order valence-electron chi connectivity index (χ4n) is 3.24. The Balaban J connectivity index is 1.99. The SMILES string of the molecule is COc1cc(C(=O)N(Cc2nc3ccccc3c(=O)[nH]2)C(C)C)cc(OC)c1C. The van der Waals surface area contributed by atoms with Crippen molar-refractivity contribution in [2.75, 3.05) is 14.2 Å². The summed E-state index contributed by atoms with van der Waals surface area (Å²) in [4.78, 5) is 34.6. The van der Waals surface area contributed by atoms with Crippen LogP contribution in [0.1, 0.15) is 35.6 Å². The number of hydrogen-bond acceptors (Lipinski definition) is 5. The zero-order valence-electron chi connectivity index (χ0n) is 17.3. The Hall–Kier alpha value is -3.35. The molecule has 0 saturated heterocycles. The van der Waals surface area contributed by atoms with Crippen molar-refractivity contribution in [2.45, 2.75) is 33.4 Å². The Morgan fingerprint density at radius 1 is 1.14 bits per heavy atom. The molecular weight excluding hydrogens is 370 g/mol. The number of para-hydroxylation sites is 1. The van der Waals surface area contributed by atoms with Crippen molar-refractivity contribution in [2.24, 2.45) is 0 Å². The molecule has 29 heavy (non-hydrogen) atoms. The smallest absolute Gasteiger partial charge is 0.258 e. The molecule has 7 heteroatoms. The second kappa shape index (κ2) is 8.34. The summed E-state index contributed by atoms with van der Waals surface area (Å²) in [5.74, 6) is 1.39. The first-order chi connectivity index (χ1) is 13.8. The van der Waals surface area contributed by atoms with Gasteiger partial charge in [-0.1, -0.05) is 12.1 Å². The second-order valence-electron chi connectivity index (χ2n) is 7.06. The highest BCUT2D eigenvalue weighted by Gasteiger charge is 2.23. The van der Waals surface area contributed by atoms with Gasteiger partial charge in [0.05, 0.1) is 31.7 Å². The number of amides is 1. The van der Waals surface area contributed by atoms with Crippen LogP contribution < -0.4 is 15.0 Å². The third-order valence-corrected chi connectivity index (χ3v) is 4.87. The number of nitrogens with one attached hydrogen (secondary N) is 1. The molecule has 0 aliphatic heterocycles. The fraction of sp³-hybridized carbons (Fsp3) is 0.318. The molecule has 2 aromatic carbocycles. The lowest BCUT2D eigenvalue weighted by molar-refractivity contribution is 0.0684. The van der Waals surface area contributed by atoms with Crippen LogP contribution in [0.3, 0.4) is 0 Å². The number of aromatic amines is 1. The molecule has 0 saturated carbocycles. The standard InChI is InChI=1S/C22H25N3O4/c1-13(2)25(12-20-23-17-9-7-6-8-16(17)21(26)24-20)22(27)15-10-18(28-4)14(3)19(11-15)29-5/h6-11,13H,12H2,1-5H3,(H,23,24,26). The van der Waals surface area contributed by atoms with Crippen LogP contribution in [0, 0.1) is 6.92 Å². The highest BCUT2D eigenvalue weighted by molar-refractivity contribution is 5.95. The average molecular weight is 395 g/mol. The van der Waals surface area contributed by atoms with Crippen molar-refractivity contribution >= 4 is 16.8 Å². The Labute approximate surface area is 169 Å². The predicted molar refractivity (Wildman–Crippen MR) is 112 cm³/mol. The quantitative estimate of drug-likeness (QED) is 0.692. The van der Waals surface area contributed by atoms with Gasteiger partial charge in [-0.05, 0) is 45.0 Å². The van der Waals surface area contributed by atoms with Crippen molar-refractivity contribution in [3.8, 4) is 11.5 Å². The summed E-state index contributed by atoms with van der Waals surface area (Å²) < 4.78 is 10.8. The molecule has 0 unspecified atom stereocenters. The number of carbonyl (C=O) groups is 1. The van der Waals surface area contributed by atoms with Gasteiger partial charge in [-0.2, -0.15) is 0 Å². The number of aromatic nitrogens is 2. The number of methoxy groups -OCH3 is 2. The van der Waals surface area contributed by atoms with E-state index in [1.807, 2.05) is 26.8 Å². The lowest BCUT2D eigenvalue weighted by atomic mass is 10.1. The van der Waals surface area contributed by atoms with Gasteiger partial charge in [-0.15, -0.1) is 0 Å². The molecule has 0 fully saturated rings. The molecule has 0 aliphatic rings. The lowest BCUT2D eigenvalue weighted by Crippen LogP contribution is -2.37. The van der Waals surface area contributed by atoms with Gasteiger partial charge in [-0.25, -0.2) is 4.98 Å². The van der Waals surface area contributed by atoms with Crippen molar-refractivity contribution in [3.05, 3.63) is 63.7 Å². The lowest BCUT2D eigenvalue weighted by Gasteiger charge is -2.27. The average Bonchev–Trinajstić information content (AvgIpc) is 2.71. The first kappa shape index (κ1) is 20.4. The summed E-state index contributed by atoms with van der Waals surface area (Å²) in [7, 11) is 3.11. The molecule has 0 radical (unpaired) electrons. The Kier molecular flexibility index (Phi) is 5.87. The van der Waals surface area contributed by atoms with Gasteiger partial charge in [0.15, 0.2) is 0 Å². The normalized spacial score (nSPS) is 11.0. The maximum absolute atomic E-state index is 13.3. The van der Waals surface area contributed by atoms with Crippen LogP contribution in [0.2, 0.25) is 0 Å². The Morgan fingerprint density at radius 2 is 1.76 bits per heavy atom. The first-order valence-electron chi connectivity index (χ1n) is 9.37. The first-order valence-corrected chi connectivity index (χ1v) is 9.37. The summed E-state index contributed by atoms with van der Waals surface area (Å²) in [6.07, 6.45) is 0. The van der Waals surface area contributed by atoms with E-state index < -0.39 is 0 Å². The molecule has 0 aliphatic carbocycles. The van der Waals surface area contributed by atoms with E-state index in [0.29, 0.717) is 33.8 Å². The minimum absolute atomic E-state index is 0.113. The van der Waals surface area contributed by atoms with Crippen LogP contribution >= 0.6 is 0 Å². The monoisotopic (exact) mass is 395 g/mol. The van der Waals surface area contributed by atoms with Crippen LogP contribution in [0.4, 0.5) is 0 Å². The van der Waals surface area contributed by atoms with E-state index in [2.05, 4.69) is 9.97 Å². The third kappa shape index (κ3) is 4.08. The molecule has 3 rings (SSSR count). The molecule has 3 aromatic rings. The van der Waals surface area contributed by atoms with Crippen molar-refractivity contribution in [1.29, 1.82) is 0 Å². The maximum Gasteiger partial charge on any atom is 0.258 e. The van der Waals surface area contributed by atoms with Crippen LogP contribution in [-0.2, 0) is 6.54 Å². The largest absolute Gasteiger partial charge is 0.496 e. The second-order valence-corrected chi connectivity index (χ2v) is 7.06. The summed E-state index contributed by atoms with van der Waals surface area (Å²) >= 11 is 0. The summed E-state index contributed by atoms with van der Waals surface area (Å²) in [5, 5.41) is 0.520. The van der Waals surface area contributed by atoms with Gasteiger partial charge in [0.25, 0.3) is 11.5 Å². The number of ether oxygens (including phenoxy) is 2. The molecule has 1 heterocycles. The van der Waals surface area contributed by atoms with Gasteiger partial charge in [0.1, 0.15) is 17.3 Å². The van der Waals surface area contributed by atoms with Gasteiger partial charge in [0, 0.05) is 17.2 Å². The topological polar surface area (TPSA) is 84.5 Å². The van der Waals surface area contributed by atoms with E-state index in [9.17, 15) is 9.59 Å².